The zero-order valence-corrected chi connectivity index (χ0v) is 20.0. The summed E-state index contributed by atoms with van der Waals surface area (Å²) in [5.74, 6) is 1.04. The van der Waals surface area contributed by atoms with Crippen molar-refractivity contribution in [2.75, 3.05) is 40.0 Å². The summed E-state index contributed by atoms with van der Waals surface area (Å²) in [6.45, 7) is 3.52. The number of halogens is 1. The van der Waals surface area contributed by atoms with Gasteiger partial charge < -0.3 is 14.2 Å². The van der Waals surface area contributed by atoms with Crippen LogP contribution in [0.4, 0.5) is 0 Å². The molecule has 1 amide bonds. The summed E-state index contributed by atoms with van der Waals surface area (Å²) in [7, 11) is 1.59. The van der Waals surface area contributed by atoms with Gasteiger partial charge in [-0.15, -0.1) is 0 Å². The van der Waals surface area contributed by atoms with E-state index in [0.29, 0.717) is 37.9 Å². The van der Waals surface area contributed by atoms with E-state index in [9.17, 15) is 4.79 Å². The minimum atomic E-state index is -0.161. The molecule has 0 aromatic heterocycles. The van der Waals surface area contributed by atoms with Gasteiger partial charge in [0, 0.05) is 23.1 Å². The molecule has 0 aliphatic carbocycles. The number of carbonyl (C=O) groups excluding carboxylic acids is 1. The predicted octanol–water partition coefficient (Wildman–Crippen LogP) is 3.97. The molecule has 4 rings (SSSR count). The van der Waals surface area contributed by atoms with E-state index < -0.39 is 0 Å². The lowest BCUT2D eigenvalue weighted by Gasteiger charge is -2.25. The maximum atomic E-state index is 12.1. The molecule has 1 N–H and O–H groups in total. The molecule has 1 aliphatic rings. The lowest BCUT2D eigenvalue weighted by Crippen LogP contribution is -2.42. The Morgan fingerprint density at radius 1 is 1.12 bits per heavy atom. The average molecular weight is 512 g/mol. The summed E-state index contributed by atoms with van der Waals surface area (Å²) in [5.41, 5.74) is 4.40. The van der Waals surface area contributed by atoms with Gasteiger partial charge in [0.25, 0.3) is 5.91 Å². The van der Waals surface area contributed by atoms with Crippen molar-refractivity contribution >= 4 is 38.8 Å². The van der Waals surface area contributed by atoms with Gasteiger partial charge in [0.15, 0.2) is 11.5 Å². The fourth-order valence-electron chi connectivity index (χ4n) is 3.58. The standard InChI is InChI=1S/C25H26BrN3O4/c1-31-23-13-21(15-27-28-25(30)16-29-8-10-32-11-9-29)22(26)14-24(23)33-17-18-6-7-19-4-2-3-5-20(19)12-18/h2-7,12-15H,8-11,16-17H2,1H3,(H,28,30)/b27-15+. The molecular weight excluding hydrogens is 486 g/mol. The molecule has 3 aromatic rings. The molecule has 8 heteroatoms. The number of rotatable bonds is 8. The molecule has 0 bridgehead atoms. The van der Waals surface area contributed by atoms with Crippen LogP contribution in [0.1, 0.15) is 11.1 Å². The molecular formula is C25H26BrN3O4. The molecule has 1 saturated heterocycles. The van der Waals surface area contributed by atoms with E-state index >= 15 is 0 Å². The molecule has 0 spiro atoms. The number of nitrogens with one attached hydrogen (secondary N) is 1. The molecule has 1 fully saturated rings. The number of fused-ring (bicyclic) bond motifs is 1. The van der Waals surface area contributed by atoms with Gasteiger partial charge in [-0.2, -0.15) is 5.10 Å². The molecule has 0 radical (unpaired) electrons. The van der Waals surface area contributed by atoms with E-state index in [2.05, 4.69) is 56.8 Å². The predicted molar refractivity (Wildman–Crippen MR) is 132 cm³/mol. The second-order valence-corrected chi connectivity index (χ2v) is 8.53. The van der Waals surface area contributed by atoms with Crippen LogP contribution in [0.3, 0.4) is 0 Å². The number of hydrogen-bond donors (Lipinski definition) is 1. The lowest BCUT2D eigenvalue weighted by atomic mass is 10.1. The van der Waals surface area contributed by atoms with Gasteiger partial charge in [-0.3, -0.25) is 9.69 Å². The molecule has 172 valence electrons. The molecule has 33 heavy (non-hydrogen) atoms. The number of nitrogens with zero attached hydrogens (tertiary/aromatic N) is 2. The van der Waals surface area contributed by atoms with Gasteiger partial charge in [0.1, 0.15) is 6.61 Å². The van der Waals surface area contributed by atoms with E-state index in [1.165, 1.54) is 10.8 Å². The third-order valence-electron chi connectivity index (χ3n) is 5.35. The Labute approximate surface area is 201 Å². The number of hydrazone groups is 1. The fourth-order valence-corrected chi connectivity index (χ4v) is 4.01. The second kappa shape index (κ2) is 11.3. The van der Waals surface area contributed by atoms with Crippen LogP contribution in [-0.4, -0.2) is 57.0 Å². The van der Waals surface area contributed by atoms with E-state index in [1.54, 1.807) is 13.3 Å². The highest BCUT2D eigenvalue weighted by Crippen LogP contribution is 2.33. The SMILES string of the molecule is COc1cc(/C=N/NC(=O)CN2CCOCC2)c(Br)cc1OCc1ccc2ccccc2c1. The Hall–Kier alpha value is -2.94. The van der Waals surface area contributed by atoms with Crippen LogP contribution >= 0.6 is 15.9 Å². The minimum Gasteiger partial charge on any atom is -0.493 e. The van der Waals surface area contributed by atoms with Crippen molar-refractivity contribution in [2.45, 2.75) is 6.61 Å². The maximum Gasteiger partial charge on any atom is 0.254 e. The van der Waals surface area contributed by atoms with Crippen molar-refractivity contribution in [1.82, 2.24) is 10.3 Å². The van der Waals surface area contributed by atoms with Crippen molar-refractivity contribution in [3.63, 3.8) is 0 Å². The van der Waals surface area contributed by atoms with Gasteiger partial charge in [-0.05, 0) is 50.5 Å². The Kier molecular flexibility index (Phi) is 7.93. The van der Waals surface area contributed by atoms with Gasteiger partial charge in [-0.25, -0.2) is 5.43 Å². The Balaban J connectivity index is 1.38. The number of hydrogen-bond acceptors (Lipinski definition) is 6. The number of methoxy groups -OCH3 is 1. The number of benzene rings is 3. The highest BCUT2D eigenvalue weighted by Gasteiger charge is 2.14. The summed E-state index contributed by atoms with van der Waals surface area (Å²) >= 11 is 3.55. The Morgan fingerprint density at radius 2 is 1.91 bits per heavy atom. The van der Waals surface area contributed by atoms with Crippen LogP contribution in [-0.2, 0) is 16.1 Å². The largest absolute Gasteiger partial charge is 0.493 e. The quantitative estimate of drug-likeness (QED) is 0.366. The zero-order chi connectivity index (χ0) is 23.0. The molecule has 0 atom stereocenters. The van der Waals surface area contributed by atoms with Gasteiger partial charge in [0.05, 0.1) is 33.1 Å². The fraction of sp³-hybridized carbons (Fsp3) is 0.280. The first-order chi connectivity index (χ1) is 16.1. The van der Waals surface area contributed by atoms with Gasteiger partial charge in [-0.1, -0.05) is 36.4 Å². The number of carbonyl (C=O) groups is 1. The summed E-state index contributed by atoms with van der Waals surface area (Å²) in [4.78, 5) is 14.1. The van der Waals surface area contributed by atoms with Crippen LogP contribution in [0, 0.1) is 0 Å². The topological polar surface area (TPSA) is 72.4 Å². The molecule has 0 saturated carbocycles. The van der Waals surface area contributed by atoms with E-state index in [4.69, 9.17) is 14.2 Å². The van der Waals surface area contributed by atoms with Crippen molar-refractivity contribution in [3.8, 4) is 11.5 Å². The van der Waals surface area contributed by atoms with Crippen molar-refractivity contribution in [2.24, 2.45) is 5.10 Å². The molecule has 1 heterocycles. The van der Waals surface area contributed by atoms with Crippen LogP contribution in [0.5, 0.6) is 11.5 Å². The summed E-state index contributed by atoms with van der Waals surface area (Å²) in [5, 5.41) is 6.46. The van der Waals surface area contributed by atoms with E-state index in [0.717, 1.165) is 28.7 Å². The van der Waals surface area contributed by atoms with Crippen LogP contribution in [0.2, 0.25) is 0 Å². The number of morpholine rings is 1. The lowest BCUT2D eigenvalue weighted by molar-refractivity contribution is -0.123. The summed E-state index contributed by atoms with van der Waals surface area (Å²) < 4.78 is 17.6. The van der Waals surface area contributed by atoms with E-state index in [-0.39, 0.29) is 5.91 Å². The van der Waals surface area contributed by atoms with Gasteiger partial charge >= 0.3 is 0 Å². The number of ether oxygens (including phenoxy) is 3. The molecule has 3 aromatic carbocycles. The van der Waals surface area contributed by atoms with Crippen LogP contribution in [0.25, 0.3) is 10.8 Å². The third kappa shape index (κ3) is 6.31. The maximum absolute atomic E-state index is 12.1. The van der Waals surface area contributed by atoms with E-state index in [1.807, 2.05) is 29.2 Å². The number of amides is 1. The first-order valence-electron chi connectivity index (χ1n) is 10.7. The normalized spacial score (nSPS) is 14.5. The molecule has 7 nitrogen and oxygen atoms in total. The minimum absolute atomic E-state index is 0.161. The monoisotopic (exact) mass is 511 g/mol. The molecule has 1 aliphatic heterocycles. The average Bonchev–Trinajstić information content (AvgIpc) is 2.84. The van der Waals surface area contributed by atoms with Crippen LogP contribution in [0.15, 0.2) is 64.2 Å². The summed E-state index contributed by atoms with van der Waals surface area (Å²) in [6.07, 6.45) is 1.58. The highest BCUT2D eigenvalue weighted by molar-refractivity contribution is 9.10. The van der Waals surface area contributed by atoms with Gasteiger partial charge in [0.2, 0.25) is 0 Å². The summed E-state index contributed by atoms with van der Waals surface area (Å²) in [6, 6.07) is 18.2. The highest BCUT2D eigenvalue weighted by atomic mass is 79.9. The van der Waals surface area contributed by atoms with Crippen molar-refractivity contribution in [1.29, 1.82) is 0 Å². The smallest absolute Gasteiger partial charge is 0.254 e. The van der Waals surface area contributed by atoms with Crippen LogP contribution < -0.4 is 14.9 Å². The second-order valence-electron chi connectivity index (χ2n) is 7.68. The first-order valence-corrected chi connectivity index (χ1v) is 11.5. The third-order valence-corrected chi connectivity index (χ3v) is 6.04. The van der Waals surface area contributed by atoms with Crippen molar-refractivity contribution < 1.29 is 19.0 Å². The zero-order valence-electron chi connectivity index (χ0n) is 18.4. The van der Waals surface area contributed by atoms with Crippen molar-refractivity contribution in [3.05, 3.63) is 70.2 Å². The first kappa shape index (κ1) is 23.2. The molecule has 0 unspecified atom stereocenters. The Morgan fingerprint density at radius 3 is 2.70 bits per heavy atom. The Bertz CT molecular complexity index is 1150.